The van der Waals surface area contributed by atoms with Gasteiger partial charge in [0.1, 0.15) is 23.0 Å². The zero-order valence-electron chi connectivity index (χ0n) is 13.1. The molecule has 0 spiro atoms. The van der Waals surface area contributed by atoms with E-state index in [9.17, 15) is 14.0 Å². The molecule has 8 heteroatoms. The Morgan fingerprint density at radius 1 is 1.00 bits per heavy atom. The van der Waals surface area contributed by atoms with Crippen molar-refractivity contribution in [2.24, 2.45) is 0 Å². The lowest BCUT2D eigenvalue weighted by Gasteiger charge is -2.07. The van der Waals surface area contributed by atoms with E-state index in [0.717, 1.165) is 0 Å². The van der Waals surface area contributed by atoms with Crippen LogP contribution in [-0.2, 0) is 0 Å². The average Bonchev–Trinajstić information content (AvgIpc) is 3.02. The first-order valence-electron chi connectivity index (χ1n) is 7.30. The largest absolute Gasteiger partial charge is 0.360 e. The van der Waals surface area contributed by atoms with E-state index in [-0.39, 0.29) is 22.9 Å². The lowest BCUT2D eigenvalue weighted by atomic mass is 10.2. The van der Waals surface area contributed by atoms with Gasteiger partial charge in [-0.3, -0.25) is 9.59 Å². The van der Waals surface area contributed by atoms with Crippen molar-refractivity contribution in [2.75, 3.05) is 10.6 Å². The minimum absolute atomic E-state index is 0.0156. The predicted molar refractivity (Wildman–Crippen MR) is 87.8 cm³/mol. The minimum Gasteiger partial charge on any atom is -0.360 e. The summed E-state index contributed by atoms with van der Waals surface area (Å²) in [5.41, 5.74) is 0.0244. The van der Waals surface area contributed by atoms with Gasteiger partial charge < -0.3 is 15.2 Å². The van der Waals surface area contributed by atoms with Crippen LogP contribution in [0.5, 0.6) is 0 Å². The van der Waals surface area contributed by atoms with Gasteiger partial charge >= 0.3 is 0 Å². The van der Waals surface area contributed by atoms with Gasteiger partial charge in [0.25, 0.3) is 11.8 Å². The molecule has 0 saturated carbocycles. The molecule has 0 atom stereocenters. The van der Waals surface area contributed by atoms with Gasteiger partial charge in [0.05, 0.1) is 5.69 Å². The van der Waals surface area contributed by atoms with Crippen LogP contribution in [0.25, 0.3) is 0 Å². The number of para-hydroxylation sites is 1. The van der Waals surface area contributed by atoms with E-state index in [0.29, 0.717) is 5.76 Å². The summed E-state index contributed by atoms with van der Waals surface area (Å²) in [4.78, 5) is 28.4. The molecule has 1 aromatic carbocycles. The molecular weight excluding hydrogens is 327 g/mol. The molecule has 0 aliphatic carbocycles. The Balaban J connectivity index is 1.75. The number of aromatic nitrogens is 2. The summed E-state index contributed by atoms with van der Waals surface area (Å²) in [5, 5.41) is 8.56. The average molecular weight is 340 g/mol. The number of carbonyl (C=O) groups excluding carboxylic acids is 2. The number of rotatable bonds is 4. The Labute approximate surface area is 141 Å². The molecule has 25 heavy (non-hydrogen) atoms. The molecule has 0 saturated heterocycles. The highest BCUT2D eigenvalue weighted by Gasteiger charge is 2.15. The third-order valence-electron chi connectivity index (χ3n) is 3.21. The topological polar surface area (TPSA) is 97.1 Å². The number of carbonyl (C=O) groups is 2. The number of anilines is 2. The summed E-state index contributed by atoms with van der Waals surface area (Å²) in [6, 6.07) is 11.7. The van der Waals surface area contributed by atoms with Crippen LogP contribution in [0.2, 0.25) is 0 Å². The number of pyridine rings is 1. The van der Waals surface area contributed by atoms with Gasteiger partial charge in [0, 0.05) is 6.07 Å². The summed E-state index contributed by atoms with van der Waals surface area (Å²) in [7, 11) is 0. The van der Waals surface area contributed by atoms with Crippen LogP contribution in [0.1, 0.15) is 26.7 Å². The lowest BCUT2D eigenvalue weighted by molar-refractivity contribution is 0.101. The van der Waals surface area contributed by atoms with E-state index >= 15 is 0 Å². The quantitative estimate of drug-likeness (QED) is 0.761. The molecule has 2 heterocycles. The molecule has 126 valence electrons. The monoisotopic (exact) mass is 340 g/mol. The molecule has 7 nitrogen and oxygen atoms in total. The van der Waals surface area contributed by atoms with Crippen molar-refractivity contribution in [1.29, 1.82) is 0 Å². The normalized spacial score (nSPS) is 10.3. The number of nitrogens with zero attached hydrogens (tertiary/aromatic N) is 2. The Morgan fingerprint density at radius 2 is 1.68 bits per heavy atom. The van der Waals surface area contributed by atoms with Gasteiger partial charge in [-0.2, -0.15) is 0 Å². The second-order valence-electron chi connectivity index (χ2n) is 5.12. The number of hydrogen-bond donors (Lipinski definition) is 2. The smallest absolute Gasteiger partial charge is 0.275 e. The van der Waals surface area contributed by atoms with E-state index in [1.165, 1.54) is 36.4 Å². The maximum Gasteiger partial charge on any atom is 0.275 e. The van der Waals surface area contributed by atoms with Gasteiger partial charge in [-0.15, -0.1) is 0 Å². The van der Waals surface area contributed by atoms with Crippen LogP contribution >= 0.6 is 0 Å². The van der Waals surface area contributed by atoms with Gasteiger partial charge in [-0.05, 0) is 31.2 Å². The van der Waals surface area contributed by atoms with Crippen molar-refractivity contribution in [1.82, 2.24) is 10.1 Å². The SMILES string of the molecule is Cc1cc(NC(=O)c2cccc(C(=O)Nc3ccccc3F)n2)no1. The number of benzene rings is 1. The van der Waals surface area contributed by atoms with Gasteiger partial charge in [-0.1, -0.05) is 23.4 Å². The van der Waals surface area contributed by atoms with E-state index in [1.54, 1.807) is 19.1 Å². The number of nitrogens with one attached hydrogen (secondary N) is 2. The lowest BCUT2D eigenvalue weighted by Crippen LogP contribution is -2.19. The zero-order chi connectivity index (χ0) is 17.8. The van der Waals surface area contributed by atoms with Crippen molar-refractivity contribution in [3.05, 3.63) is 71.5 Å². The molecule has 0 bridgehead atoms. The van der Waals surface area contributed by atoms with Crippen molar-refractivity contribution in [3.8, 4) is 0 Å². The molecule has 2 aromatic heterocycles. The van der Waals surface area contributed by atoms with E-state index in [2.05, 4.69) is 20.8 Å². The van der Waals surface area contributed by atoms with Crippen LogP contribution in [0.15, 0.2) is 53.1 Å². The summed E-state index contributed by atoms with van der Waals surface area (Å²) in [5.74, 6) is -0.955. The highest BCUT2D eigenvalue weighted by Crippen LogP contribution is 2.14. The first-order chi connectivity index (χ1) is 12.0. The molecule has 2 amide bonds. The highest BCUT2D eigenvalue weighted by atomic mass is 19.1. The van der Waals surface area contributed by atoms with Crippen LogP contribution < -0.4 is 10.6 Å². The molecule has 0 aliphatic heterocycles. The fourth-order valence-corrected chi connectivity index (χ4v) is 2.04. The Hall–Kier alpha value is -3.55. The molecule has 3 aromatic rings. The predicted octanol–water partition coefficient (Wildman–Crippen LogP) is 3.02. The molecule has 0 radical (unpaired) electrons. The molecule has 0 fully saturated rings. The summed E-state index contributed by atoms with van der Waals surface area (Å²) < 4.78 is 18.5. The first-order valence-corrected chi connectivity index (χ1v) is 7.30. The number of aryl methyl sites for hydroxylation is 1. The van der Waals surface area contributed by atoms with E-state index in [4.69, 9.17) is 4.52 Å². The molecule has 0 unspecified atom stereocenters. The maximum atomic E-state index is 13.6. The Morgan fingerprint density at radius 3 is 2.32 bits per heavy atom. The first kappa shape index (κ1) is 16.3. The van der Waals surface area contributed by atoms with Crippen LogP contribution in [0.4, 0.5) is 15.9 Å². The fourth-order valence-electron chi connectivity index (χ4n) is 2.04. The summed E-state index contributed by atoms with van der Waals surface area (Å²) >= 11 is 0. The fraction of sp³-hybridized carbons (Fsp3) is 0.0588. The summed E-state index contributed by atoms with van der Waals surface area (Å²) in [6.07, 6.45) is 0. The molecule has 3 rings (SSSR count). The van der Waals surface area contributed by atoms with Crippen molar-refractivity contribution >= 4 is 23.3 Å². The van der Waals surface area contributed by atoms with Crippen LogP contribution in [0, 0.1) is 12.7 Å². The Kier molecular flexibility index (Phi) is 4.51. The van der Waals surface area contributed by atoms with Gasteiger partial charge in [0.15, 0.2) is 5.82 Å². The summed E-state index contributed by atoms with van der Waals surface area (Å²) in [6.45, 7) is 1.69. The second kappa shape index (κ2) is 6.91. The molecule has 0 aliphatic rings. The van der Waals surface area contributed by atoms with E-state index in [1.807, 2.05) is 0 Å². The number of amides is 2. The molecular formula is C17H13FN4O3. The van der Waals surface area contributed by atoms with Gasteiger partial charge in [-0.25, -0.2) is 9.37 Å². The van der Waals surface area contributed by atoms with Crippen LogP contribution in [-0.4, -0.2) is 22.0 Å². The Bertz CT molecular complexity index is 939. The van der Waals surface area contributed by atoms with Gasteiger partial charge in [0.2, 0.25) is 0 Å². The third kappa shape index (κ3) is 3.86. The molecule has 2 N–H and O–H groups in total. The number of hydrogen-bond acceptors (Lipinski definition) is 5. The maximum absolute atomic E-state index is 13.6. The standard InChI is InChI=1S/C17H13FN4O3/c1-10-9-15(22-25-10)21-17(24)14-8-4-7-13(19-14)16(23)20-12-6-3-2-5-11(12)18/h2-9H,1H3,(H,20,23)(H,21,22,24). The van der Waals surface area contributed by atoms with Crippen molar-refractivity contribution in [3.63, 3.8) is 0 Å². The second-order valence-corrected chi connectivity index (χ2v) is 5.12. The van der Waals surface area contributed by atoms with Crippen LogP contribution in [0.3, 0.4) is 0 Å². The van der Waals surface area contributed by atoms with E-state index < -0.39 is 17.6 Å². The van der Waals surface area contributed by atoms with Crippen molar-refractivity contribution < 1.29 is 18.5 Å². The highest BCUT2D eigenvalue weighted by molar-refractivity contribution is 6.05. The minimum atomic E-state index is -0.628. The third-order valence-corrected chi connectivity index (χ3v) is 3.21. The van der Waals surface area contributed by atoms with Crippen molar-refractivity contribution in [2.45, 2.75) is 6.92 Å². The number of halogens is 1. The zero-order valence-corrected chi connectivity index (χ0v) is 13.1.